The van der Waals surface area contributed by atoms with Gasteiger partial charge in [-0.25, -0.2) is 4.79 Å². The van der Waals surface area contributed by atoms with E-state index >= 15 is 0 Å². The van der Waals surface area contributed by atoms with E-state index in [9.17, 15) is 4.79 Å². The Kier molecular flexibility index (Phi) is 4.34. The first kappa shape index (κ1) is 8.99. The van der Waals surface area contributed by atoms with Gasteiger partial charge in [-0.05, 0) is 13.8 Å². The number of allylic oxidation sites excluding steroid dienone is 2. The third kappa shape index (κ3) is 5.13. The van der Waals surface area contributed by atoms with Crippen molar-refractivity contribution >= 4 is 15.5 Å². The normalized spacial score (nSPS) is 11.2. The molecule has 0 bridgehead atoms. The third-order valence-electron chi connectivity index (χ3n) is 1.06. The Morgan fingerprint density at radius 3 is 2.70 bits per heavy atom. The Labute approximate surface area is 62.8 Å². The molecule has 0 saturated heterocycles. The zero-order valence-electron chi connectivity index (χ0n) is 6.14. The van der Waals surface area contributed by atoms with Gasteiger partial charge in [0.1, 0.15) is 9.52 Å². The molecule has 0 unspecified atom stereocenters. The molecule has 0 radical (unpaired) electrons. The fourth-order valence-electron chi connectivity index (χ4n) is 0.361. The Morgan fingerprint density at radius 2 is 2.30 bits per heavy atom. The average molecular weight is 154 g/mol. The maximum Gasteiger partial charge on any atom is 0.381 e. The van der Waals surface area contributed by atoms with E-state index in [4.69, 9.17) is 5.11 Å². The molecule has 0 aliphatic heterocycles. The zero-order chi connectivity index (χ0) is 7.98. The van der Waals surface area contributed by atoms with E-state index in [1.807, 2.05) is 19.9 Å². The lowest BCUT2D eigenvalue weighted by Gasteiger charge is -1.85. The second kappa shape index (κ2) is 4.83. The highest BCUT2D eigenvalue weighted by Gasteiger charge is 1.84. The van der Waals surface area contributed by atoms with Crippen LogP contribution in [0, 0.1) is 11.5 Å². The minimum Gasteiger partial charge on any atom is -0.472 e. The summed E-state index contributed by atoms with van der Waals surface area (Å²) in [6, 6.07) is 0. The Balaban J connectivity index is 3.78. The van der Waals surface area contributed by atoms with Gasteiger partial charge in [-0.3, -0.25) is 0 Å². The van der Waals surface area contributed by atoms with Crippen LogP contribution in [0.1, 0.15) is 13.8 Å². The lowest BCUT2D eigenvalue weighted by atomic mass is 10.6. The molecule has 3 heteroatoms. The summed E-state index contributed by atoms with van der Waals surface area (Å²) in [6.07, 6.45) is 1.97. The van der Waals surface area contributed by atoms with Crippen LogP contribution in [0.2, 0.25) is 0 Å². The highest BCUT2D eigenvalue weighted by molar-refractivity contribution is 6.54. The van der Waals surface area contributed by atoms with Gasteiger partial charge in [-0.1, -0.05) is 11.3 Å². The second-order valence-electron chi connectivity index (χ2n) is 1.92. The van der Waals surface area contributed by atoms with Crippen LogP contribution in [-0.2, 0) is 4.79 Å². The molecular weight excluding hydrogens is 144 g/mol. The quantitative estimate of drug-likeness (QED) is 0.430. The van der Waals surface area contributed by atoms with Crippen LogP contribution < -0.4 is 0 Å². The van der Waals surface area contributed by atoms with Crippen molar-refractivity contribution in [3.63, 3.8) is 0 Å². The van der Waals surface area contributed by atoms with Crippen LogP contribution in [-0.4, -0.2) is 20.6 Å². The molecule has 0 aliphatic carbocycles. The maximum atomic E-state index is 9.90. The number of carboxylic acid groups (broad SMARTS) is 1. The fraction of sp³-hybridized carbons (Fsp3) is 0.286. The van der Waals surface area contributed by atoms with Gasteiger partial charge >= 0.3 is 5.97 Å². The number of rotatable bonds is 1. The topological polar surface area (TPSA) is 37.3 Å². The first-order chi connectivity index (χ1) is 4.66. The summed E-state index contributed by atoms with van der Waals surface area (Å²) in [5, 5.41) is 9.36. The van der Waals surface area contributed by atoms with Gasteiger partial charge in [0.25, 0.3) is 0 Å². The van der Waals surface area contributed by atoms with Gasteiger partial charge in [0.05, 0.1) is 0 Å². The van der Waals surface area contributed by atoms with Crippen molar-refractivity contribution in [1.82, 2.24) is 0 Å². The number of hydrogen-bond donors (Lipinski definition) is 1. The van der Waals surface area contributed by atoms with Gasteiger partial charge in [-0.2, -0.15) is 0 Å². The summed E-state index contributed by atoms with van der Waals surface area (Å²) >= 11 is 0. The van der Waals surface area contributed by atoms with Crippen molar-refractivity contribution in [2.45, 2.75) is 13.8 Å². The molecular formula is C7H10O2Si. The predicted molar refractivity (Wildman–Crippen MR) is 43.4 cm³/mol. The summed E-state index contributed by atoms with van der Waals surface area (Å²) in [4.78, 5) is 9.90. The Bertz CT molecular complexity index is 207. The third-order valence-corrected chi connectivity index (χ3v) is 2.37. The predicted octanol–water partition coefficient (Wildman–Crippen LogP) is 0.124. The maximum absolute atomic E-state index is 9.90. The number of carbonyl (C=O) groups is 1. The first-order valence-corrected chi connectivity index (χ1v) is 4.42. The minimum atomic E-state index is -1.03. The van der Waals surface area contributed by atoms with Crippen LogP contribution in [0.3, 0.4) is 0 Å². The van der Waals surface area contributed by atoms with E-state index in [1.165, 1.54) is 5.20 Å². The van der Waals surface area contributed by atoms with Crippen LogP contribution in [0.4, 0.5) is 0 Å². The monoisotopic (exact) mass is 154 g/mol. The molecule has 10 heavy (non-hydrogen) atoms. The van der Waals surface area contributed by atoms with Crippen molar-refractivity contribution in [2.75, 3.05) is 0 Å². The van der Waals surface area contributed by atoms with E-state index in [0.29, 0.717) is 0 Å². The Hall–Kier alpha value is -1.01. The average Bonchev–Trinajstić information content (AvgIpc) is 1.87. The zero-order valence-corrected chi connectivity index (χ0v) is 7.55. The van der Waals surface area contributed by atoms with Gasteiger partial charge < -0.3 is 5.11 Å². The molecule has 0 heterocycles. The van der Waals surface area contributed by atoms with Gasteiger partial charge in [0.15, 0.2) is 0 Å². The van der Waals surface area contributed by atoms with Crippen LogP contribution >= 0.6 is 0 Å². The van der Waals surface area contributed by atoms with E-state index in [1.54, 1.807) is 0 Å². The van der Waals surface area contributed by atoms with Crippen LogP contribution in [0.15, 0.2) is 11.3 Å². The van der Waals surface area contributed by atoms with Crippen molar-refractivity contribution < 1.29 is 9.90 Å². The van der Waals surface area contributed by atoms with E-state index in [2.05, 4.69) is 11.5 Å². The largest absolute Gasteiger partial charge is 0.472 e. The molecule has 0 fully saturated rings. The van der Waals surface area contributed by atoms with E-state index in [0.717, 1.165) is 0 Å². The van der Waals surface area contributed by atoms with Gasteiger partial charge in [-0.15, -0.1) is 5.54 Å². The lowest BCUT2D eigenvalue weighted by Crippen LogP contribution is -1.92. The summed E-state index contributed by atoms with van der Waals surface area (Å²) in [5.74, 6) is 1.07. The molecule has 0 aromatic heterocycles. The smallest absolute Gasteiger partial charge is 0.381 e. The first-order valence-electron chi connectivity index (χ1n) is 3.00. The Morgan fingerprint density at radius 1 is 1.70 bits per heavy atom. The van der Waals surface area contributed by atoms with E-state index in [-0.39, 0.29) is 0 Å². The molecule has 0 aromatic carbocycles. The highest BCUT2D eigenvalue weighted by Crippen LogP contribution is 1.84. The molecule has 1 N–H and O–H groups in total. The molecule has 0 aromatic rings. The summed E-state index contributed by atoms with van der Waals surface area (Å²) < 4.78 is 0. The molecule has 0 saturated carbocycles. The molecule has 0 atom stereocenters. The van der Waals surface area contributed by atoms with Gasteiger partial charge in [0.2, 0.25) is 0 Å². The number of aliphatic carboxylic acids is 1. The fourth-order valence-corrected chi connectivity index (χ4v) is 1.08. The number of carboxylic acids is 1. The number of hydrogen-bond acceptors (Lipinski definition) is 1. The van der Waals surface area contributed by atoms with Crippen molar-refractivity contribution in [3.05, 3.63) is 11.3 Å². The molecule has 54 valence electrons. The molecule has 0 aliphatic rings. The highest BCUT2D eigenvalue weighted by atomic mass is 28.2. The van der Waals surface area contributed by atoms with Crippen molar-refractivity contribution in [1.29, 1.82) is 0 Å². The summed E-state index contributed by atoms with van der Waals surface area (Å²) in [7, 11) is -0.588. The summed E-state index contributed by atoms with van der Waals surface area (Å²) in [5.41, 5.74) is 2.66. The van der Waals surface area contributed by atoms with Gasteiger partial charge in [0, 0.05) is 5.92 Å². The van der Waals surface area contributed by atoms with Crippen LogP contribution in [0.25, 0.3) is 0 Å². The van der Waals surface area contributed by atoms with Crippen molar-refractivity contribution in [2.24, 2.45) is 0 Å². The van der Waals surface area contributed by atoms with Crippen LogP contribution in [0.5, 0.6) is 0 Å². The second-order valence-corrected chi connectivity index (χ2v) is 3.74. The molecule has 2 nitrogen and oxygen atoms in total. The molecule has 0 amide bonds. The molecule has 0 rings (SSSR count). The SMILES string of the molecule is CC=C(C)[SiH2]C#CC(=O)O. The lowest BCUT2D eigenvalue weighted by molar-refractivity contribution is -0.130. The molecule has 0 spiro atoms. The van der Waals surface area contributed by atoms with Crippen molar-refractivity contribution in [3.8, 4) is 11.5 Å². The minimum absolute atomic E-state index is 0.588. The standard InChI is InChI=1S/C7H10O2Si/c1-3-6(2)10-5-4-7(8)9/h3H,10H2,1-2H3,(H,8,9). The summed E-state index contributed by atoms with van der Waals surface area (Å²) in [6.45, 7) is 3.91. The van der Waals surface area contributed by atoms with E-state index < -0.39 is 15.5 Å².